The maximum atomic E-state index is 6.15. The van der Waals surface area contributed by atoms with Crippen molar-refractivity contribution in [1.82, 2.24) is 15.2 Å². The molecule has 0 saturated carbocycles. The fourth-order valence-electron chi connectivity index (χ4n) is 1.72. The predicted octanol–water partition coefficient (Wildman–Crippen LogP) is 3.28. The number of benzene rings is 1. The smallest absolute Gasteiger partial charge is 0.181 e. The molecule has 0 aliphatic heterocycles. The molecule has 2 aromatic heterocycles. The van der Waals surface area contributed by atoms with Gasteiger partial charge in [-0.05, 0) is 18.2 Å². The maximum absolute atomic E-state index is 6.15. The molecule has 78 valence electrons. The number of pyridine rings is 1. The highest BCUT2D eigenvalue weighted by atomic mass is 35.5. The number of fused-ring (bicyclic) bond motifs is 1. The fourth-order valence-corrected chi connectivity index (χ4v) is 1.95. The van der Waals surface area contributed by atoms with Gasteiger partial charge in [0.1, 0.15) is 0 Å². The second kappa shape index (κ2) is 3.61. The second-order valence-electron chi connectivity index (χ2n) is 3.45. The summed E-state index contributed by atoms with van der Waals surface area (Å²) >= 11 is 6.15. The normalized spacial score (nSPS) is 10.8. The van der Waals surface area contributed by atoms with Gasteiger partial charge in [0.25, 0.3) is 0 Å². The summed E-state index contributed by atoms with van der Waals surface area (Å²) in [6.07, 6.45) is 1.72. The van der Waals surface area contributed by atoms with Crippen molar-refractivity contribution < 1.29 is 0 Å². The van der Waals surface area contributed by atoms with Crippen LogP contribution in [0.1, 0.15) is 0 Å². The summed E-state index contributed by atoms with van der Waals surface area (Å²) in [7, 11) is 0. The van der Waals surface area contributed by atoms with Crippen LogP contribution in [-0.4, -0.2) is 15.2 Å². The van der Waals surface area contributed by atoms with Crippen molar-refractivity contribution in [1.29, 1.82) is 0 Å². The van der Waals surface area contributed by atoms with Crippen LogP contribution >= 0.6 is 11.6 Å². The number of H-pyrrole nitrogens is 1. The monoisotopic (exact) mass is 229 g/mol. The molecule has 16 heavy (non-hydrogen) atoms. The molecule has 3 nitrogen and oxygen atoms in total. The molecule has 0 saturated heterocycles. The van der Waals surface area contributed by atoms with E-state index in [1.165, 1.54) is 0 Å². The van der Waals surface area contributed by atoms with Gasteiger partial charge in [-0.25, -0.2) is 4.98 Å². The highest BCUT2D eigenvalue weighted by Crippen LogP contribution is 2.30. The minimum Gasteiger partial charge on any atom is -0.275 e. The first-order valence-corrected chi connectivity index (χ1v) is 5.28. The van der Waals surface area contributed by atoms with E-state index in [0.717, 1.165) is 16.6 Å². The summed E-state index contributed by atoms with van der Waals surface area (Å²) in [5.41, 5.74) is 2.56. The van der Waals surface area contributed by atoms with Crippen LogP contribution in [0.5, 0.6) is 0 Å². The van der Waals surface area contributed by atoms with E-state index in [1.807, 2.05) is 36.4 Å². The average Bonchev–Trinajstić information content (AvgIpc) is 2.74. The van der Waals surface area contributed by atoms with Crippen LogP contribution in [0.25, 0.3) is 22.3 Å². The van der Waals surface area contributed by atoms with Crippen LogP contribution in [0.2, 0.25) is 5.02 Å². The lowest BCUT2D eigenvalue weighted by Gasteiger charge is -2.00. The third-order valence-electron chi connectivity index (χ3n) is 2.47. The van der Waals surface area contributed by atoms with E-state index in [1.54, 1.807) is 6.20 Å². The zero-order valence-corrected chi connectivity index (χ0v) is 9.07. The minimum atomic E-state index is 0.705. The van der Waals surface area contributed by atoms with Crippen molar-refractivity contribution >= 4 is 22.6 Å². The summed E-state index contributed by atoms with van der Waals surface area (Å²) < 4.78 is 0. The number of nitrogens with one attached hydrogen (secondary N) is 1. The number of aromatic amines is 1. The number of hydrogen-bond donors (Lipinski definition) is 1. The van der Waals surface area contributed by atoms with Crippen LogP contribution in [0.4, 0.5) is 0 Å². The van der Waals surface area contributed by atoms with Gasteiger partial charge in [0.05, 0.1) is 5.69 Å². The summed E-state index contributed by atoms with van der Waals surface area (Å²) in [5, 5.41) is 8.80. The molecule has 3 rings (SSSR count). The predicted molar refractivity (Wildman–Crippen MR) is 64.3 cm³/mol. The first-order valence-electron chi connectivity index (χ1n) is 4.90. The topological polar surface area (TPSA) is 41.6 Å². The summed E-state index contributed by atoms with van der Waals surface area (Å²) in [6, 6.07) is 11.5. The minimum absolute atomic E-state index is 0.705. The van der Waals surface area contributed by atoms with Gasteiger partial charge < -0.3 is 0 Å². The van der Waals surface area contributed by atoms with Crippen molar-refractivity contribution in [2.75, 3.05) is 0 Å². The third-order valence-corrected chi connectivity index (χ3v) is 2.80. The van der Waals surface area contributed by atoms with E-state index in [2.05, 4.69) is 15.2 Å². The maximum Gasteiger partial charge on any atom is 0.181 e. The lowest BCUT2D eigenvalue weighted by molar-refractivity contribution is 1.10. The van der Waals surface area contributed by atoms with Crippen LogP contribution < -0.4 is 0 Å². The Morgan fingerprint density at radius 2 is 1.94 bits per heavy atom. The summed E-state index contributed by atoms with van der Waals surface area (Å²) in [5.74, 6) is 0. The molecule has 0 atom stereocenters. The number of halogens is 1. The molecule has 2 heterocycles. The Kier molecular flexibility index (Phi) is 2.11. The van der Waals surface area contributed by atoms with E-state index < -0.39 is 0 Å². The molecular formula is C12H8ClN3. The molecule has 0 aliphatic carbocycles. The van der Waals surface area contributed by atoms with Crippen molar-refractivity contribution in [2.24, 2.45) is 0 Å². The molecule has 4 heteroatoms. The Bertz CT molecular complexity index is 645. The quantitative estimate of drug-likeness (QED) is 0.696. The van der Waals surface area contributed by atoms with E-state index in [-0.39, 0.29) is 0 Å². The Hall–Kier alpha value is -1.87. The van der Waals surface area contributed by atoms with Crippen LogP contribution in [-0.2, 0) is 0 Å². The third kappa shape index (κ3) is 1.37. The first kappa shape index (κ1) is 9.36. The van der Waals surface area contributed by atoms with E-state index in [4.69, 9.17) is 11.6 Å². The zero-order valence-electron chi connectivity index (χ0n) is 8.31. The van der Waals surface area contributed by atoms with Gasteiger partial charge in [0, 0.05) is 22.2 Å². The van der Waals surface area contributed by atoms with Crippen LogP contribution in [0.3, 0.4) is 0 Å². The highest BCUT2D eigenvalue weighted by Gasteiger charge is 2.09. The van der Waals surface area contributed by atoms with Crippen LogP contribution in [0.15, 0.2) is 42.6 Å². The molecular weight excluding hydrogens is 222 g/mol. The van der Waals surface area contributed by atoms with Gasteiger partial charge >= 0.3 is 0 Å². The molecule has 3 aromatic rings. The van der Waals surface area contributed by atoms with E-state index in [9.17, 15) is 0 Å². The lowest BCUT2D eigenvalue weighted by atomic mass is 10.1. The fraction of sp³-hybridized carbons (Fsp3) is 0. The molecule has 1 N–H and O–H groups in total. The molecule has 0 fully saturated rings. The molecule has 0 aliphatic rings. The lowest BCUT2D eigenvalue weighted by Crippen LogP contribution is -1.80. The molecule has 0 unspecified atom stereocenters. The SMILES string of the molecule is Clc1ccccc1-c1[nH]nc2ncccc12. The number of hydrogen-bond acceptors (Lipinski definition) is 2. The number of aromatic nitrogens is 3. The molecule has 0 amide bonds. The standard InChI is InChI=1S/C12H8ClN3/c13-10-6-2-1-4-8(10)11-9-5-3-7-14-12(9)16-15-11/h1-7H,(H,14,15,16). The highest BCUT2D eigenvalue weighted by molar-refractivity contribution is 6.33. The van der Waals surface area contributed by atoms with Crippen molar-refractivity contribution in [3.63, 3.8) is 0 Å². The van der Waals surface area contributed by atoms with Gasteiger partial charge in [-0.15, -0.1) is 0 Å². The van der Waals surface area contributed by atoms with Gasteiger partial charge in [0.15, 0.2) is 5.65 Å². The largest absolute Gasteiger partial charge is 0.275 e. The second-order valence-corrected chi connectivity index (χ2v) is 3.86. The number of nitrogens with zero attached hydrogens (tertiary/aromatic N) is 2. The Morgan fingerprint density at radius 3 is 2.81 bits per heavy atom. The van der Waals surface area contributed by atoms with Crippen molar-refractivity contribution in [2.45, 2.75) is 0 Å². The van der Waals surface area contributed by atoms with Crippen LogP contribution in [0, 0.1) is 0 Å². The van der Waals surface area contributed by atoms with E-state index in [0.29, 0.717) is 10.7 Å². The van der Waals surface area contributed by atoms with E-state index >= 15 is 0 Å². The van der Waals surface area contributed by atoms with Gasteiger partial charge in [0.2, 0.25) is 0 Å². The van der Waals surface area contributed by atoms with Gasteiger partial charge in [-0.2, -0.15) is 5.10 Å². The van der Waals surface area contributed by atoms with Gasteiger partial charge in [-0.3, -0.25) is 5.10 Å². The molecule has 0 spiro atoms. The molecule has 0 bridgehead atoms. The summed E-state index contributed by atoms with van der Waals surface area (Å²) in [6.45, 7) is 0. The Labute approximate surface area is 97.1 Å². The van der Waals surface area contributed by atoms with Gasteiger partial charge in [-0.1, -0.05) is 29.8 Å². The molecule has 0 radical (unpaired) electrons. The Morgan fingerprint density at radius 1 is 1.06 bits per heavy atom. The first-order chi connectivity index (χ1) is 7.86. The Balaban J connectivity index is 2.31. The summed E-state index contributed by atoms with van der Waals surface area (Å²) in [4.78, 5) is 4.17. The zero-order chi connectivity index (χ0) is 11.0. The van der Waals surface area contributed by atoms with Crippen molar-refractivity contribution in [3.8, 4) is 11.3 Å². The molecule has 1 aromatic carbocycles. The van der Waals surface area contributed by atoms with Crippen molar-refractivity contribution in [3.05, 3.63) is 47.6 Å². The average molecular weight is 230 g/mol. The number of rotatable bonds is 1.